The summed E-state index contributed by atoms with van der Waals surface area (Å²) < 4.78 is -0.490. The highest BCUT2D eigenvalue weighted by molar-refractivity contribution is 8.00. The number of hydrogen-bond donors (Lipinski definition) is 2. The van der Waals surface area contributed by atoms with Gasteiger partial charge in [-0.05, 0) is 26.5 Å². The number of hydrogen-bond acceptors (Lipinski definition) is 5. The predicted octanol–water partition coefficient (Wildman–Crippen LogP) is 1.36. The lowest BCUT2D eigenvalue weighted by molar-refractivity contribution is -0.155. The van der Waals surface area contributed by atoms with E-state index in [1.807, 2.05) is 27.0 Å². The van der Waals surface area contributed by atoms with Crippen LogP contribution in [0, 0.1) is 5.92 Å². The highest BCUT2D eigenvalue weighted by Crippen LogP contribution is 2.27. The number of hydroxylamine groups is 2. The largest absolute Gasteiger partial charge is 0.347 e. The zero-order valence-electron chi connectivity index (χ0n) is 15.5. The summed E-state index contributed by atoms with van der Waals surface area (Å²) in [6, 6.07) is -0.692. The molecule has 0 saturated carbocycles. The Bertz CT molecular complexity index is 430. The first-order valence-corrected chi connectivity index (χ1v) is 9.30. The Kier molecular flexibility index (Phi) is 9.99. The van der Waals surface area contributed by atoms with Gasteiger partial charge in [-0.2, -0.15) is 11.8 Å². The SMILES string of the molecule is CCCC[C@H](CN(O)C=O)C(=O)N[C@H](C(=O)N(C)C)C(C)(C)SC. The molecule has 0 radical (unpaired) electrons. The zero-order valence-corrected chi connectivity index (χ0v) is 16.4. The number of thioether (sulfide) groups is 1. The van der Waals surface area contributed by atoms with E-state index in [1.54, 1.807) is 14.1 Å². The molecule has 0 aromatic rings. The van der Waals surface area contributed by atoms with Crippen LogP contribution in [0.4, 0.5) is 0 Å². The first-order chi connectivity index (χ1) is 11.1. The van der Waals surface area contributed by atoms with Crippen molar-refractivity contribution in [1.82, 2.24) is 15.3 Å². The Morgan fingerprint density at radius 1 is 1.33 bits per heavy atom. The van der Waals surface area contributed by atoms with Crippen molar-refractivity contribution in [2.45, 2.75) is 50.8 Å². The van der Waals surface area contributed by atoms with Crippen LogP contribution in [0.3, 0.4) is 0 Å². The highest BCUT2D eigenvalue weighted by atomic mass is 32.2. The summed E-state index contributed by atoms with van der Waals surface area (Å²) in [5, 5.41) is 12.7. The van der Waals surface area contributed by atoms with Gasteiger partial charge < -0.3 is 10.2 Å². The summed E-state index contributed by atoms with van der Waals surface area (Å²) in [5.74, 6) is -1.07. The maximum atomic E-state index is 12.7. The molecule has 0 rings (SSSR count). The van der Waals surface area contributed by atoms with Gasteiger partial charge in [0, 0.05) is 18.8 Å². The monoisotopic (exact) mass is 361 g/mol. The Hall–Kier alpha value is -1.28. The lowest BCUT2D eigenvalue weighted by Crippen LogP contribution is -2.57. The fraction of sp³-hybridized carbons (Fsp3) is 0.812. The van der Waals surface area contributed by atoms with Gasteiger partial charge in [0.05, 0.1) is 12.5 Å². The van der Waals surface area contributed by atoms with Gasteiger partial charge in [0.2, 0.25) is 18.2 Å². The van der Waals surface area contributed by atoms with Crippen LogP contribution in [0.25, 0.3) is 0 Å². The Labute approximate surface area is 149 Å². The number of nitrogens with one attached hydrogen (secondary N) is 1. The molecule has 0 heterocycles. The van der Waals surface area contributed by atoms with Crippen molar-refractivity contribution in [2.24, 2.45) is 5.92 Å². The molecule has 2 N–H and O–H groups in total. The van der Waals surface area contributed by atoms with Crippen LogP contribution in [0.15, 0.2) is 0 Å². The van der Waals surface area contributed by atoms with E-state index in [0.29, 0.717) is 11.5 Å². The topological polar surface area (TPSA) is 90.0 Å². The van der Waals surface area contributed by atoms with Gasteiger partial charge in [0.15, 0.2) is 0 Å². The van der Waals surface area contributed by atoms with Crippen LogP contribution in [-0.2, 0) is 14.4 Å². The molecular formula is C16H31N3O4S. The van der Waals surface area contributed by atoms with E-state index in [-0.39, 0.29) is 24.8 Å². The third-order valence-electron chi connectivity index (χ3n) is 4.00. The van der Waals surface area contributed by atoms with Gasteiger partial charge in [-0.25, -0.2) is 5.06 Å². The molecule has 0 unspecified atom stereocenters. The number of amides is 3. The second kappa shape index (κ2) is 10.6. The molecule has 7 nitrogen and oxygen atoms in total. The highest BCUT2D eigenvalue weighted by Gasteiger charge is 2.38. The predicted molar refractivity (Wildman–Crippen MR) is 95.8 cm³/mol. The van der Waals surface area contributed by atoms with Crippen LogP contribution in [-0.4, -0.2) is 71.1 Å². The van der Waals surface area contributed by atoms with Crippen molar-refractivity contribution in [1.29, 1.82) is 0 Å². The molecule has 3 amide bonds. The standard InChI is InChI=1S/C16H31N3O4S/c1-7-8-9-12(10-19(23)11-20)14(21)17-13(15(22)18(4)5)16(2,3)24-6/h11-13,23H,7-10H2,1-6H3,(H,17,21)/t12-,13-/m1/s1. The third kappa shape index (κ3) is 7.09. The minimum absolute atomic E-state index is 0.0854. The minimum atomic E-state index is -0.692. The molecule has 0 aromatic carbocycles. The van der Waals surface area contributed by atoms with Crippen molar-refractivity contribution < 1.29 is 19.6 Å². The molecule has 0 aliphatic rings. The van der Waals surface area contributed by atoms with Crippen molar-refractivity contribution in [2.75, 3.05) is 26.9 Å². The van der Waals surface area contributed by atoms with E-state index in [9.17, 15) is 19.6 Å². The number of nitrogens with zero attached hydrogens (tertiary/aromatic N) is 2. The first kappa shape index (κ1) is 22.7. The summed E-state index contributed by atoms with van der Waals surface area (Å²) >= 11 is 1.49. The Morgan fingerprint density at radius 2 is 1.92 bits per heavy atom. The van der Waals surface area contributed by atoms with E-state index in [1.165, 1.54) is 16.7 Å². The smallest absolute Gasteiger partial charge is 0.246 e. The maximum absolute atomic E-state index is 12.7. The first-order valence-electron chi connectivity index (χ1n) is 8.08. The van der Waals surface area contributed by atoms with E-state index < -0.39 is 16.7 Å². The normalized spacial score (nSPS) is 13.8. The fourth-order valence-corrected chi connectivity index (χ4v) is 2.59. The molecule has 8 heteroatoms. The van der Waals surface area contributed by atoms with Crippen LogP contribution >= 0.6 is 11.8 Å². The molecule has 0 saturated heterocycles. The van der Waals surface area contributed by atoms with Gasteiger partial charge >= 0.3 is 0 Å². The number of carbonyl (C=O) groups excluding carboxylic acids is 3. The van der Waals surface area contributed by atoms with E-state index >= 15 is 0 Å². The molecule has 0 aliphatic carbocycles. The molecule has 24 heavy (non-hydrogen) atoms. The van der Waals surface area contributed by atoms with Crippen molar-refractivity contribution >= 4 is 30.0 Å². The second-order valence-electron chi connectivity index (χ2n) is 6.55. The van der Waals surface area contributed by atoms with Crippen molar-refractivity contribution in [3.8, 4) is 0 Å². The second-order valence-corrected chi connectivity index (χ2v) is 8.01. The van der Waals surface area contributed by atoms with Gasteiger partial charge in [0.25, 0.3) is 0 Å². The summed E-state index contributed by atoms with van der Waals surface area (Å²) in [4.78, 5) is 37.2. The summed E-state index contributed by atoms with van der Waals surface area (Å²) in [5.41, 5.74) is 0. The Balaban J connectivity index is 5.28. The molecule has 2 atom stereocenters. The van der Waals surface area contributed by atoms with Crippen molar-refractivity contribution in [3.05, 3.63) is 0 Å². The molecule has 0 aromatic heterocycles. The van der Waals surface area contributed by atoms with Crippen LogP contribution in [0.5, 0.6) is 0 Å². The van der Waals surface area contributed by atoms with Crippen molar-refractivity contribution in [3.63, 3.8) is 0 Å². The quantitative estimate of drug-likeness (QED) is 0.329. The number of likely N-dealkylation sites (N-methyl/N-ethyl adjacent to an activating group) is 1. The number of rotatable bonds is 11. The van der Waals surface area contributed by atoms with Gasteiger partial charge in [-0.1, -0.05) is 19.8 Å². The summed E-state index contributed by atoms with van der Waals surface area (Å²) in [7, 11) is 3.29. The van der Waals surface area contributed by atoms with Crippen LogP contribution in [0.1, 0.15) is 40.0 Å². The fourth-order valence-electron chi connectivity index (χ4n) is 2.19. The summed E-state index contributed by atoms with van der Waals surface area (Å²) in [6.07, 6.45) is 4.39. The number of unbranched alkanes of at least 4 members (excludes halogenated alkanes) is 1. The van der Waals surface area contributed by atoms with Gasteiger partial charge in [-0.3, -0.25) is 19.6 Å². The average molecular weight is 362 g/mol. The molecular weight excluding hydrogens is 330 g/mol. The Morgan fingerprint density at radius 3 is 2.33 bits per heavy atom. The lowest BCUT2D eigenvalue weighted by Gasteiger charge is -2.35. The van der Waals surface area contributed by atoms with Crippen LogP contribution < -0.4 is 5.32 Å². The zero-order chi connectivity index (χ0) is 18.9. The lowest BCUT2D eigenvalue weighted by atomic mass is 9.97. The minimum Gasteiger partial charge on any atom is -0.347 e. The number of carbonyl (C=O) groups is 3. The summed E-state index contributed by atoms with van der Waals surface area (Å²) in [6.45, 7) is 5.71. The average Bonchev–Trinajstić information content (AvgIpc) is 2.54. The van der Waals surface area contributed by atoms with E-state index in [2.05, 4.69) is 5.32 Å². The molecule has 0 aliphatic heterocycles. The van der Waals surface area contributed by atoms with Gasteiger partial charge in [-0.15, -0.1) is 0 Å². The third-order valence-corrected chi connectivity index (χ3v) is 5.29. The molecule has 0 fully saturated rings. The van der Waals surface area contributed by atoms with E-state index in [0.717, 1.165) is 12.8 Å². The molecule has 0 bridgehead atoms. The molecule has 0 spiro atoms. The van der Waals surface area contributed by atoms with E-state index in [4.69, 9.17) is 0 Å². The maximum Gasteiger partial charge on any atom is 0.246 e. The van der Waals surface area contributed by atoms with Gasteiger partial charge in [0.1, 0.15) is 6.04 Å². The molecule has 140 valence electrons. The van der Waals surface area contributed by atoms with Crippen LogP contribution in [0.2, 0.25) is 0 Å².